The largest absolute Gasteiger partial charge is 0.506 e. The molecular weight excluding hydrogens is 367 g/mol. The number of anilines is 1. The molecule has 2 aromatic rings. The minimum atomic E-state index is -4.60. The van der Waals surface area contributed by atoms with Crippen LogP contribution < -0.4 is 5.32 Å². The van der Waals surface area contributed by atoms with Crippen LogP contribution in [0, 0.1) is 0 Å². The molecule has 0 aliphatic rings. The Labute approximate surface area is 143 Å². The van der Waals surface area contributed by atoms with Crippen LogP contribution >= 0.6 is 22.9 Å². The lowest BCUT2D eigenvalue weighted by atomic mass is 10.1. The van der Waals surface area contributed by atoms with Crippen molar-refractivity contribution in [1.29, 1.82) is 0 Å². The molecule has 24 heavy (non-hydrogen) atoms. The zero-order chi connectivity index (χ0) is 17.9. The van der Waals surface area contributed by atoms with Crippen LogP contribution in [0.5, 0.6) is 5.75 Å². The van der Waals surface area contributed by atoms with Crippen molar-refractivity contribution >= 4 is 40.3 Å². The van der Waals surface area contributed by atoms with Crippen LogP contribution in [0.25, 0.3) is 0 Å². The third-order valence-electron chi connectivity index (χ3n) is 3.03. The Bertz CT molecular complexity index is 774. The molecule has 2 rings (SSSR count). The molecule has 0 aliphatic carbocycles. The Balaban J connectivity index is 1.98. The molecule has 0 unspecified atom stereocenters. The number of hydrogen-bond acceptors (Lipinski definition) is 4. The van der Waals surface area contributed by atoms with Gasteiger partial charge in [-0.25, -0.2) is 0 Å². The molecule has 0 spiro atoms. The van der Waals surface area contributed by atoms with Crippen molar-refractivity contribution in [3.63, 3.8) is 0 Å². The van der Waals surface area contributed by atoms with Crippen LogP contribution in [0.2, 0.25) is 4.34 Å². The van der Waals surface area contributed by atoms with Crippen molar-refractivity contribution in [3.8, 4) is 5.75 Å². The van der Waals surface area contributed by atoms with Crippen LogP contribution in [0.4, 0.5) is 18.9 Å². The van der Waals surface area contributed by atoms with Crippen molar-refractivity contribution in [3.05, 3.63) is 45.1 Å². The van der Waals surface area contributed by atoms with Crippen molar-refractivity contribution in [2.45, 2.75) is 19.0 Å². The van der Waals surface area contributed by atoms with Gasteiger partial charge >= 0.3 is 6.18 Å². The highest BCUT2D eigenvalue weighted by Crippen LogP contribution is 2.34. The van der Waals surface area contributed by atoms with Crippen LogP contribution in [0.1, 0.15) is 28.1 Å². The van der Waals surface area contributed by atoms with Gasteiger partial charge in [0.2, 0.25) is 5.91 Å². The summed E-state index contributed by atoms with van der Waals surface area (Å²) in [6.45, 7) is 0. The summed E-state index contributed by atoms with van der Waals surface area (Å²) in [5.74, 6) is -1.47. The molecule has 1 aromatic heterocycles. The number of nitrogens with one attached hydrogen (secondary N) is 1. The zero-order valence-corrected chi connectivity index (χ0v) is 13.6. The fourth-order valence-electron chi connectivity index (χ4n) is 1.84. The summed E-state index contributed by atoms with van der Waals surface area (Å²) in [6, 6.07) is 5.27. The van der Waals surface area contributed by atoms with Gasteiger partial charge in [0.05, 0.1) is 20.5 Å². The van der Waals surface area contributed by atoms with Gasteiger partial charge in [0.1, 0.15) is 5.75 Å². The number of halogens is 4. The van der Waals surface area contributed by atoms with Crippen LogP contribution in [-0.2, 0) is 11.0 Å². The summed E-state index contributed by atoms with van der Waals surface area (Å²) in [5, 5.41) is 11.7. The molecule has 2 N–H and O–H groups in total. The Morgan fingerprint density at radius 3 is 2.46 bits per heavy atom. The molecule has 0 bridgehead atoms. The number of rotatable bonds is 5. The lowest BCUT2D eigenvalue weighted by molar-refractivity contribution is -0.137. The number of carbonyl (C=O) groups excluding carboxylic acids is 2. The van der Waals surface area contributed by atoms with E-state index in [1.54, 1.807) is 6.07 Å². The summed E-state index contributed by atoms with van der Waals surface area (Å²) in [4.78, 5) is 24.0. The van der Waals surface area contributed by atoms with E-state index in [0.717, 1.165) is 17.4 Å². The summed E-state index contributed by atoms with van der Waals surface area (Å²) in [6.07, 6.45) is -4.95. The average molecular weight is 378 g/mol. The third-order valence-corrected chi connectivity index (χ3v) is 4.30. The van der Waals surface area contributed by atoms with Gasteiger partial charge in [-0.3, -0.25) is 9.59 Å². The monoisotopic (exact) mass is 377 g/mol. The Morgan fingerprint density at radius 1 is 1.17 bits per heavy atom. The number of Topliss-reactive ketones (excluding diaryl/α,β-unsaturated/α-hetero) is 1. The van der Waals surface area contributed by atoms with E-state index in [-0.39, 0.29) is 24.3 Å². The highest BCUT2D eigenvalue weighted by molar-refractivity contribution is 7.18. The number of hydrogen-bond donors (Lipinski definition) is 2. The second-order valence-electron chi connectivity index (χ2n) is 4.80. The number of ketones is 1. The summed E-state index contributed by atoms with van der Waals surface area (Å²) in [5.41, 5.74) is -1.36. The Hall–Kier alpha value is -2.06. The van der Waals surface area contributed by atoms with E-state index >= 15 is 0 Å². The van der Waals surface area contributed by atoms with Gasteiger partial charge in [-0.1, -0.05) is 11.6 Å². The van der Waals surface area contributed by atoms with E-state index in [0.29, 0.717) is 21.3 Å². The normalized spacial score (nSPS) is 11.3. The van der Waals surface area contributed by atoms with Crippen LogP contribution in [0.15, 0.2) is 30.3 Å². The topological polar surface area (TPSA) is 66.4 Å². The minimum absolute atomic E-state index is 0.123. The third kappa shape index (κ3) is 4.72. The highest BCUT2D eigenvalue weighted by atomic mass is 35.5. The molecule has 9 heteroatoms. The first kappa shape index (κ1) is 18.3. The quantitative estimate of drug-likeness (QED) is 0.585. The number of alkyl halides is 3. The first-order chi connectivity index (χ1) is 11.2. The number of phenols is 1. The molecule has 0 saturated carbocycles. The second-order valence-corrected chi connectivity index (χ2v) is 6.52. The predicted molar refractivity (Wildman–Crippen MR) is 84.6 cm³/mol. The van der Waals surface area contributed by atoms with E-state index in [4.69, 9.17) is 11.6 Å². The molecule has 0 saturated heterocycles. The van der Waals surface area contributed by atoms with Gasteiger partial charge in [0, 0.05) is 12.8 Å². The van der Waals surface area contributed by atoms with Gasteiger partial charge in [-0.2, -0.15) is 13.2 Å². The molecule has 0 atom stereocenters. The van der Waals surface area contributed by atoms with E-state index in [1.165, 1.54) is 6.07 Å². The highest BCUT2D eigenvalue weighted by Gasteiger charge is 2.31. The lowest BCUT2D eigenvalue weighted by Crippen LogP contribution is -2.14. The Kier molecular flexibility index (Phi) is 5.51. The smallest absolute Gasteiger partial charge is 0.416 e. The van der Waals surface area contributed by atoms with E-state index in [1.807, 2.05) is 0 Å². The molecule has 0 fully saturated rings. The first-order valence-corrected chi connectivity index (χ1v) is 7.85. The zero-order valence-electron chi connectivity index (χ0n) is 12.0. The standard InChI is InChI=1S/C15H11ClF3NO3S/c16-13-5-4-12(24-13)11(22)3-6-14(23)20-9-7-8(15(17,18)19)1-2-10(9)21/h1-2,4-5,7,21H,3,6H2,(H,20,23). The van der Waals surface area contributed by atoms with Crippen LogP contribution in [0.3, 0.4) is 0 Å². The first-order valence-electron chi connectivity index (χ1n) is 6.65. The average Bonchev–Trinajstić information content (AvgIpc) is 2.92. The van der Waals surface area contributed by atoms with E-state index in [2.05, 4.69) is 5.32 Å². The second kappa shape index (κ2) is 7.23. The number of amides is 1. The number of carbonyl (C=O) groups is 2. The van der Waals surface area contributed by atoms with Crippen molar-refractivity contribution < 1.29 is 27.9 Å². The molecular formula is C15H11ClF3NO3S. The molecule has 4 nitrogen and oxygen atoms in total. The van der Waals surface area contributed by atoms with Gasteiger partial charge < -0.3 is 10.4 Å². The summed E-state index contributed by atoms with van der Waals surface area (Å²) < 4.78 is 38.3. The van der Waals surface area contributed by atoms with Gasteiger partial charge in [0.25, 0.3) is 0 Å². The molecule has 1 amide bonds. The number of aromatic hydroxyl groups is 1. The molecule has 1 aromatic carbocycles. The molecule has 1 heterocycles. The van der Waals surface area contributed by atoms with E-state index < -0.39 is 23.4 Å². The van der Waals surface area contributed by atoms with Crippen LogP contribution in [-0.4, -0.2) is 16.8 Å². The fourth-order valence-corrected chi connectivity index (χ4v) is 2.85. The number of benzene rings is 1. The lowest BCUT2D eigenvalue weighted by Gasteiger charge is -2.11. The summed E-state index contributed by atoms with van der Waals surface area (Å²) in [7, 11) is 0. The number of thiophene rings is 1. The Morgan fingerprint density at radius 2 is 1.88 bits per heavy atom. The molecule has 0 aliphatic heterocycles. The maximum atomic E-state index is 12.6. The van der Waals surface area contributed by atoms with Gasteiger partial charge in [-0.15, -0.1) is 11.3 Å². The van der Waals surface area contributed by atoms with Crippen molar-refractivity contribution in [2.24, 2.45) is 0 Å². The number of phenolic OH excluding ortho intramolecular Hbond substituents is 1. The van der Waals surface area contributed by atoms with Gasteiger partial charge in [-0.05, 0) is 30.3 Å². The minimum Gasteiger partial charge on any atom is -0.506 e. The SMILES string of the molecule is O=C(CCC(=O)c1ccc(Cl)s1)Nc1cc(C(F)(F)F)ccc1O. The molecule has 0 radical (unpaired) electrons. The van der Waals surface area contributed by atoms with Crippen molar-refractivity contribution in [1.82, 2.24) is 0 Å². The molecule has 128 valence electrons. The fraction of sp³-hybridized carbons (Fsp3) is 0.200. The van der Waals surface area contributed by atoms with Gasteiger partial charge in [0.15, 0.2) is 5.78 Å². The predicted octanol–water partition coefficient (Wildman–Crippen LogP) is 4.73. The van der Waals surface area contributed by atoms with Crippen molar-refractivity contribution in [2.75, 3.05) is 5.32 Å². The summed E-state index contributed by atoms with van der Waals surface area (Å²) >= 11 is 6.79. The maximum Gasteiger partial charge on any atom is 0.416 e. The maximum absolute atomic E-state index is 12.6. The van der Waals surface area contributed by atoms with E-state index in [9.17, 15) is 27.9 Å².